The van der Waals surface area contributed by atoms with Gasteiger partial charge in [-0.3, -0.25) is 18.9 Å². The second-order valence-electron chi connectivity index (χ2n) is 8.82. The number of imidazole rings is 1. The van der Waals surface area contributed by atoms with E-state index in [0.29, 0.717) is 0 Å². The van der Waals surface area contributed by atoms with Crippen LogP contribution in [0.2, 0.25) is 0 Å². The number of aromatic amines is 1. The maximum Gasteiger partial charge on any atom is 0.326 e. The van der Waals surface area contributed by atoms with Crippen LogP contribution < -0.4 is 17.0 Å². The van der Waals surface area contributed by atoms with E-state index >= 15 is 8.78 Å². The van der Waals surface area contributed by atoms with Crippen molar-refractivity contribution in [2.24, 2.45) is 0 Å². The molecule has 6 N–H and O–H groups in total. The van der Waals surface area contributed by atoms with Gasteiger partial charge in [0.15, 0.2) is 47.4 Å². The molecular formula is C18H21F2N11O6P2S2. The first-order valence-electron chi connectivity index (χ1n) is 11.6. The molecule has 0 spiro atoms. The fraction of sp³-hybridized carbons (Fsp3) is 0.500. The highest BCUT2D eigenvalue weighted by Gasteiger charge is 2.49. The number of nitrogens with two attached hydrogens (primary N) is 2. The van der Waals surface area contributed by atoms with Crippen LogP contribution in [0.25, 0.3) is 22.3 Å². The number of alkyl halides is 2. The van der Waals surface area contributed by atoms with Gasteiger partial charge in [0, 0.05) is 8.81 Å². The predicted molar refractivity (Wildman–Crippen MR) is 147 cm³/mol. The number of fused-ring (bicyclic) bond motifs is 3. The van der Waals surface area contributed by atoms with Gasteiger partial charge in [-0.2, -0.15) is 9.67 Å². The van der Waals surface area contributed by atoms with E-state index in [1.165, 1.54) is 17.2 Å². The Hall–Kier alpha value is -2.48. The van der Waals surface area contributed by atoms with E-state index in [0.717, 1.165) is 16.4 Å². The summed E-state index contributed by atoms with van der Waals surface area (Å²) >= 11 is 6.11. The van der Waals surface area contributed by atoms with Crippen molar-refractivity contribution in [2.45, 2.75) is 42.0 Å². The quantitative estimate of drug-likeness (QED) is 0.221. The zero-order chi connectivity index (χ0) is 29.1. The SMILES string of the molecule is CSC1OPC2[C@@H](COP(O)(=S)O[C@@H](n3nnc4c(=O)[nH]c(N)nc43)[C@@H]1F)O[C@@H](n1cnc3c(N)ncnc31)[C@H]2F. The first-order valence-corrected chi connectivity index (χ1v) is 16.5. The molecule has 2 saturated heterocycles. The fourth-order valence-electron chi connectivity index (χ4n) is 4.40. The molecule has 4 aromatic heterocycles. The lowest BCUT2D eigenvalue weighted by Gasteiger charge is -2.29. The minimum Gasteiger partial charge on any atom is -0.382 e. The Morgan fingerprint density at radius 2 is 2.02 bits per heavy atom. The molecule has 0 aromatic carbocycles. The van der Waals surface area contributed by atoms with E-state index in [1.807, 2.05) is 0 Å². The van der Waals surface area contributed by atoms with Crippen LogP contribution in [0.4, 0.5) is 20.5 Å². The monoisotopic (exact) mass is 651 g/mol. The van der Waals surface area contributed by atoms with Crippen LogP contribution in [-0.4, -0.2) is 91.8 Å². The average Bonchev–Trinajstić information content (AvgIpc) is 3.62. The molecule has 41 heavy (non-hydrogen) atoms. The molecule has 23 heteroatoms. The Morgan fingerprint density at radius 3 is 2.80 bits per heavy atom. The van der Waals surface area contributed by atoms with Gasteiger partial charge in [0.05, 0.1) is 24.7 Å². The highest BCUT2D eigenvalue weighted by Crippen LogP contribution is 2.53. The number of halogens is 2. The van der Waals surface area contributed by atoms with Crippen molar-refractivity contribution in [3.05, 3.63) is 23.0 Å². The Kier molecular flexibility index (Phi) is 7.66. The second-order valence-corrected chi connectivity index (χ2v) is 13.7. The summed E-state index contributed by atoms with van der Waals surface area (Å²) < 4.78 is 57.2. The largest absolute Gasteiger partial charge is 0.382 e. The van der Waals surface area contributed by atoms with E-state index < -0.39 is 69.7 Å². The van der Waals surface area contributed by atoms with Crippen LogP contribution in [0.1, 0.15) is 12.5 Å². The van der Waals surface area contributed by atoms with Gasteiger partial charge in [0.25, 0.3) is 5.56 Å². The van der Waals surface area contributed by atoms with Gasteiger partial charge in [0.1, 0.15) is 17.3 Å². The minimum absolute atomic E-state index is 0.109. The first-order chi connectivity index (χ1) is 19.6. The zero-order valence-electron chi connectivity index (χ0n) is 20.6. The van der Waals surface area contributed by atoms with Crippen LogP contribution in [0, 0.1) is 0 Å². The zero-order valence-corrected chi connectivity index (χ0v) is 24.2. The lowest BCUT2D eigenvalue weighted by molar-refractivity contribution is -0.0403. The molecule has 0 saturated carbocycles. The maximum atomic E-state index is 16.1. The average molecular weight is 652 g/mol. The number of rotatable bonds is 3. The Morgan fingerprint density at radius 1 is 1.22 bits per heavy atom. The van der Waals surface area contributed by atoms with Crippen molar-refractivity contribution < 1.29 is 32.0 Å². The molecule has 2 aliphatic rings. The van der Waals surface area contributed by atoms with Crippen molar-refractivity contribution in [3.63, 3.8) is 0 Å². The number of anilines is 2. The van der Waals surface area contributed by atoms with Crippen molar-refractivity contribution in [1.82, 2.24) is 44.5 Å². The molecule has 4 unspecified atom stereocenters. The number of nitrogens with one attached hydrogen (secondary N) is 1. The first kappa shape index (κ1) is 28.6. The van der Waals surface area contributed by atoms with Crippen molar-refractivity contribution in [2.75, 3.05) is 24.3 Å². The van der Waals surface area contributed by atoms with Gasteiger partial charge in [-0.1, -0.05) is 5.21 Å². The maximum absolute atomic E-state index is 16.1. The molecule has 9 atom stereocenters. The lowest BCUT2D eigenvalue weighted by Crippen LogP contribution is -2.33. The number of hydrogen-bond donors (Lipinski definition) is 4. The molecule has 0 aliphatic carbocycles. The summed E-state index contributed by atoms with van der Waals surface area (Å²) in [5.74, 6) is -0.177. The summed E-state index contributed by atoms with van der Waals surface area (Å²) in [6.07, 6.45) is -3.70. The number of thioether (sulfide) groups is 1. The second kappa shape index (κ2) is 11.0. The summed E-state index contributed by atoms with van der Waals surface area (Å²) in [6, 6.07) is 0. The molecule has 0 radical (unpaired) electrons. The van der Waals surface area contributed by atoms with Gasteiger partial charge < -0.3 is 30.1 Å². The van der Waals surface area contributed by atoms with Gasteiger partial charge in [-0.25, -0.2) is 23.7 Å². The van der Waals surface area contributed by atoms with Gasteiger partial charge >= 0.3 is 6.72 Å². The van der Waals surface area contributed by atoms with Crippen molar-refractivity contribution in [3.8, 4) is 0 Å². The van der Waals surface area contributed by atoms with Crippen LogP contribution in [0.5, 0.6) is 0 Å². The summed E-state index contributed by atoms with van der Waals surface area (Å²) in [7, 11) is -0.631. The topological polar surface area (TPSA) is 229 Å². The van der Waals surface area contributed by atoms with Crippen molar-refractivity contribution >= 4 is 73.2 Å². The van der Waals surface area contributed by atoms with E-state index in [-0.39, 0.29) is 34.1 Å². The Labute approximate surface area is 238 Å². The van der Waals surface area contributed by atoms with Gasteiger partial charge in [0.2, 0.25) is 5.95 Å². The summed E-state index contributed by atoms with van der Waals surface area (Å²) in [4.78, 5) is 41.5. The Balaban J connectivity index is 1.33. The molecule has 6 heterocycles. The Bertz CT molecular complexity index is 1710. The van der Waals surface area contributed by atoms with Gasteiger partial charge in [-0.15, -0.1) is 16.9 Å². The summed E-state index contributed by atoms with van der Waals surface area (Å²) in [5.41, 5.74) is 8.55. The molecule has 17 nitrogen and oxygen atoms in total. The third-order valence-electron chi connectivity index (χ3n) is 6.31. The molecule has 2 fully saturated rings. The number of ether oxygens (including phenoxy) is 1. The normalized spacial score (nSPS) is 33.7. The van der Waals surface area contributed by atoms with E-state index in [4.69, 9.17) is 41.6 Å². The molecule has 6 rings (SSSR count). The number of H-pyrrole nitrogens is 1. The predicted octanol–water partition coefficient (Wildman–Crippen LogP) is 0.522. The molecular weight excluding hydrogens is 630 g/mol. The van der Waals surface area contributed by atoms with Crippen LogP contribution in [-0.2, 0) is 30.1 Å². The van der Waals surface area contributed by atoms with E-state index in [1.54, 1.807) is 6.26 Å². The van der Waals surface area contributed by atoms with Crippen molar-refractivity contribution in [1.29, 1.82) is 0 Å². The van der Waals surface area contributed by atoms with E-state index in [2.05, 4.69) is 35.2 Å². The number of hydrogen-bond acceptors (Lipinski definition) is 15. The molecule has 4 aromatic rings. The molecule has 0 amide bonds. The number of nitrogen functional groups attached to an aromatic ring is 2. The molecule has 220 valence electrons. The van der Waals surface area contributed by atoms with E-state index in [9.17, 15) is 9.69 Å². The standard InChI is InChI=1S/C18H21F2N11O6P2S2/c1-41-17-7(20)16(31-13-9(28-29-31)14(32)27-18(22)26-13)37-39(33,40)34-2-5-10(38-36-17)6(19)15(35-5)30-4-25-8-11(21)23-3-24-12(8)30/h3-7,10,15-17,38H,2H2,1H3,(H,33,40)(H2,21,23,24)(H3,22,26,27,32)/t5-,6+,7+,10?,15-,16-,17?,39?/m1/s1. The third kappa shape index (κ3) is 5.19. The number of aromatic nitrogens is 9. The third-order valence-corrected chi connectivity index (χ3v) is 10.2. The molecule has 0 bridgehead atoms. The minimum atomic E-state index is -4.25. The smallest absolute Gasteiger partial charge is 0.326 e. The van der Waals surface area contributed by atoms with Crippen LogP contribution in [0.15, 0.2) is 17.4 Å². The number of nitrogens with zero attached hydrogens (tertiary/aromatic N) is 8. The summed E-state index contributed by atoms with van der Waals surface area (Å²) in [5, 5.41) is 7.51. The highest BCUT2D eigenvalue weighted by atomic mass is 32.5. The van der Waals surface area contributed by atoms with Crippen LogP contribution in [0.3, 0.4) is 0 Å². The lowest BCUT2D eigenvalue weighted by atomic mass is 10.2. The van der Waals surface area contributed by atoms with Gasteiger partial charge in [-0.05, 0) is 18.1 Å². The summed E-state index contributed by atoms with van der Waals surface area (Å²) in [6.45, 7) is -4.68. The van der Waals surface area contributed by atoms with Crippen LogP contribution >= 0.6 is 27.3 Å². The molecule has 2 aliphatic heterocycles. The fourth-order valence-corrected chi connectivity index (χ4v) is 7.71. The highest BCUT2D eigenvalue weighted by molar-refractivity contribution is 8.07.